The van der Waals surface area contributed by atoms with Gasteiger partial charge in [-0.3, -0.25) is 4.79 Å². The van der Waals surface area contributed by atoms with E-state index in [2.05, 4.69) is 18.3 Å². The fourth-order valence-corrected chi connectivity index (χ4v) is 2.06. The molecule has 0 bridgehead atoms. The molecule has 3 nitrogen and oxygen atoms in total. The molecular weight excluding hydrogens is 212 g/mol. The number of nitrogens with zero attached hydrogens (tertiary/aromatic N) is 1. The number of carbonyl (C=O) groups excluding carboxylic acids is 1. The molecule has 0 saturated carbocycles. The number of aromatic nitrogens is 1. The van der Waals surface area contributed by atoms with Crippen molar-refractivity contribution in [3.8, 4) is 0 Å². The van der Waals surface area contributed by atoms with Crippen LogP contribution in [-0.2, 0) is 7.05 Å². The van der Waals surface area contributed by atoms with Gasteiger partial charge in [0.25, 0.3) is 5.91 Å². The molecule has 1 aromatic heterocycles. The minimum atomic E-state index is 0.00458. The number of aryl methyl sites for hydroxylation is 2. The molecule has 1 N–H and O–H groups in total. The molecule has 0 spiro atoms. The van der Waals surface area contributed by atoms with Gasteiger partial charge in [-0.15, -0.1) is 0 Å². The van der Waals surface area contributed by atoms with Gasteiger partial charge in [0.1, 0.15) is 5.69 Å². The van der Waals surface area contributed by atoms with E-state index in [9.17, 15) is 4.79 Å². The minimum Gasteiger partial charge on any atom is -0.351 e. The number of hydrogen-bond acceptors (Lipinski definition) is 1. The topological polar surface area (TPSA) is 34.0 Å². The summed E-state index contributed by atoms with van der Waals surface area (Å²) in [7, 11) is 1.93. The number of hydrogen-bond donors (Lipinski definition) is 1. The van der Waals surface area contributed by atoms with Crippen LogP contribution in [-0.4, -0.2) is 17.0 Å². The van der Waals surface area contributed by atoms with Crippen LogP contribution in [0.25, 0.3) is 10.9 Å². The van der Waals surface area contributed by atoms with Gasteiger partial charge < -0.3 is 9.88 Å². The predicted octanol–water partition coefficient (Wildman–Crippen LogP) is 2.63. The number of rotatable bonds is 3. The molecule has 0 aliphatic rings. The molecule has 1 heterocycles. The van der Waals surface area contributed by atoms with Crippen molar-refractivity contribution < 1.29 is 4.79 Å². The second-order valence-corrected chi connectivity index (χ2v) is 4.35. The molecule has 0 saturated heterocycles. The van der Waals surface area contributed by atoms with Crippen LogP contribution in [0.3, 0.4) is 0 Å². The van der Waals surface area contributed by atoms with Crippen LogP contribution in [0.1, 0.15) is 29.4 Å². The lowest BCUT2D eigenvalue weighted by atomic mass is 10.1. The summed E-state index contributed by atoms with van der Waals surface area (Å²) in [6.45, 7) is 4.83. The molecule has 2 aromatic rings. The van der Waals surface area contributed by atoms with Crippen LogP contribution in [0.5, 0.6) is 0 Å². The Hall–Kier alpha value is -1.77. The Kier molecular flexibility index (Phi) is 3.18. The van der Waals surface area contributed by atoms with Gasteiger partial charge in [0, 0.05) is 24.5 Å². The third-order valence-electron chi connectivity index (χ3n) is 3.07. The summed E-state index contributed by atoms with van der Waals surface area (Å²) in [5, 5.41) is 4.06. The van der Waals surface area contributed by atoms with Crippen molar-refractivity contribution in [3.05, 3.63) is 35.5 Å². The van der Waals surface area contributed by atoms with Crippen LogP contribution in [0.15, 0.2) is 24.3 Å². The van der Waals surface area contributed by atoms with E-state index in [1.165, 1.54) is 5.56 Å². The SMILES string of the molecule is CCCNC(=O)c1cc2c(C)cccc2n1C. The van der Waals surface area contributed by atoms with E-state index in [0.29, 0.717) is 0 Å². The van der Waals surface area contributed by atoms with Crippen LogP contribution in [0.4, 0.5) is 0 Å². The van der Waals surface area contributed by atoms with Crippen molar-refractivity contribution in [2.75, 3.05) is 6.54 Å². The normalized spacial score (nSPS) is 10.8. The molecule has 0 atom stereocenters. The molecule has 1 aromatic carbocycles. The molecule has 0 aliphatic heterocycles. The van der Waals surface area contributed by atoms with Crippen molar-refractivity contribution in [1.82, 2.24) is 9.88 Å². The van der Waals surface area contributed by atoms with E-state index in [0.717, 1.165) is 29.6 Å². The molecule has 0 aliphatic carbocycles. The smallest absolute Gasteiger partial charge is 0.267 e. The van der Waals surface area contributed by atoms with Gasteiger partial charge in [-0.1, -0.05) is 19.1 Å². The zero-order chi connectivity index (χ0) is 12.4. The molecular formula is C14H18N2O. The Bertz CT molecular complexity index is 555. The lowest BCUT2D eigenvalue weighted by Gasteiger charge is -2.04. The summed E-state index contributed by atoms with van der Waals surface area (Å²) >= 11 is 0. The van der Waals surface area contributed by atoms with Crippen molar-refractivity contribution in [3.63, 3.8) is 0 Å². The predicted molar refractivity (Wildman–Crippen MR) is 70.3 cm³/mol. The van der Waals surface area contributed by atoms with E-state index >= 15 is 0 Å². The van der Waals surface area contributed by atoms with Crippen molar-refractivity contribution in [1.29, 1.82) is 0 Å². The number of fused-ring (bicyclic) bond motifs is 1. The van der Waals surface area contributed by atoms with Crippen LogP contribution >= 0.6 is 0 Å². The quantitative estimate of drug-likeness (QED) is 0.864. The second kappa shape index (κ2) is 4.62. The van der Waals surface area contributed by atoms with Crippen molar-refractivity contribution >= 4 is 16.8 Å². The van der Waals surface area contributed by atoms with Crippen LogP contribution in [0.2, 0.25) is 0 Å². The summed E-state index contributed by atoms with van der Waals surface area (Å²) in [4.78, 5) is 12.0. The highest BCUT2D eigenvalue weighted by Crippen LogP contribution is 2.21. The maximum atomic E-state index is 12.0. The van der Waals surface area contributed by atoms with Gasteiger partial charge in [-0.25, -0.2) is 0 Å². The van der Waals surface area contributed by atoms with Gasteiger partial charge in [-0.2, -0.15) is 0 Å². The summed E-state index contributed by atoms with van der Waals surface area (Å²) in [6.07, 6.45) is 0.953. The zero-order valence-corrected chi connectivity index (χ0v) is 10.6. The lowest BCUT2D eigenvalue weighted by molar-refractivity contribution is 0.0946. The van der Waals surface area contributed by atoms with E-state index in [1.807, 2.05) is 36.7 Å². The fourth-order valence-electron chi connectivity index (χ4n) is 2.06. The Labute approximate surface area is 101 Å². The van der Waals surface area contributed by atoms with Crippen LogP contribution < -0.4 is 5.32 Å². The number of amides is 1. The Balaban J connectivity index is 2.45. The monoisotopic (exact) mass is 230 g/mol. The maximum absolute atomic E-state index is 12.0. The average molecular weight is 230 g/mol. The highest BCUT2D eigenvalue weighted by atomic mass is 16.1. The van der Waals surface area contributed by atoms with Gasteiger partial charge >= 0.3 is 0 Å². The highest BCUT2D eigenvalue weighted by Gasteiger charge is 2.13. The zero-order valence-electron chi connectivity index (χ0n) is 10.6. The third kappa shape index (κ3) is 2.05. The standard InChI is InChI=1S/C14H18N2O/c1-4-8-15-14(17)13-9-11-10(2)6-5-7-12(11)16(13)3/h5-7,9H,4,8H2,1-3H3,(H,15,17). The first-order valence-corrected chi connectivity index (χ1v) is 5.98. The summed E-state index contributed by atoms with van der Waals surface area (Å²) in [6, 6.07) is 8.09. The number of benzene rings is 1. The van der Waals surface area contributed by atoms with Gasteiger partial charge in [0.2, 0.25) is 0 Å². The highest BCUT2D eigenvalue weighted by molar-refractivity contribution is 5.99. The second-order valence-electron chi connectivity index (χ2n) is 4.35. The number of carbonyl (C=O) groups is 1. The minimum absolute atomic E-state index is 0.00458. The lowest BCUT2D eigenvalue weighted by Crippen LogP contribution is -2.25. The van der Waals surface area contributed by atoms with Gasteiger partial charge in [0.15, 0.2) is 0 Å². The molecule has 0 radical (unpaired) electrons. The maximum Gasteiger partial charge on any atom is 0.267 e. The molecule has 3 heteroatoms. The first-order valence-electron chi connectivity index (χ1n) is 5.98. The average Bonchev–Trinajstić information content (AvgIpc) is 2.66. The third-order valence-corrected chi connectivity index (χ3v) is 3.07. The largest absolute Gasteiger partial charge is 0.351 e. The molecule has 0 unspecified atom stereocenters. The molecule has 0 fully saturated rings. The van der Waals surface area contributed by atoms with Crippen LogP contribution in [0, 0.1) is 6.92 Å². The fraction of sp³-hybridized carbons (Fsp3) is 0.357. The van der Waals surface area contributed by atoms with Gasteiger partial charge in [0.05, 0.1) is 0 Å². The molecule has 2 rings (SSSR count). The molecule has 1 amide bonds. The van der Waals surface area contributed by atoms with E-state index in [1.54, 1.807) is 0 Å². The molecule has 90 valence electrons. The van der Waals surface area contributed by atoms with E-state index in [-0.39, 0.29) is 5.91 Å². The summed E-state index contributed by atoms with van der Waals surface area (Å²) < 4.78 is 1.95. The molecule has 17 heavy (non-hydrogen) atoms. The Morgan fingerprint density at radius 2 is 2.18 bits per heavy atom. The first kappa shape index (κ1) is 11.7. The Morgan fingerprint density at radius 3 is 2.82 bits per heavy atom. The van der Waals surface area contributed by atoms with Crippen molar-refractivity contribution in [2.24, 2.45) is 7.05 Å². The van der Waals surface area contributed by atoms with E-state index in [4.69, 9.17) is 0 Å². The summed E-state index contributed by atoms with van der Waals surface area (Å²) in [5.74, 6) is 0.00458. The van der Waals surface area contributed by atoms with Gasteiger partial charge in [-0.05, 0) is 31.0 Å². The summed E-state index contributed by atoms with van der Waals surface area (Å²) in [5.41, 5.74) is 3.03. The van der Waals surface area contributed by atoms with E-state index < -0.39 is 0 Å². The number of nitrogens with one attached hydrogen (secondary N) is 1. The Morgan fingerprint density at radius 1 is 1.41 bits per heavy atom. The first-order chi connectivity index (χ1) is 8.15. The van der Waals surface area contributed by atoms with Crippen molar-refractivity contribution in [2.45, 2.75) is 20.3 Å².